The van der Waals surface area contributed by atoms with Gasteiger partial charge in [-0.3, -0.25) is 14.9 Å². The molecule has 1 aromatic carbocycles. The third kappa shape index (κ3) is 2.57. The molecule has 0 aliphatic carbocycles. The van der Waals surface area contributed by atoms with Gasteiger partial charge in [-0.05, 0) is 29.8 Å². The molecule has 0 N–H and O–H groups in total. The van der Waals surface area contributed by atoms with Crippen molar-refractivity contribution in [1.29, 1.82) is 0 Å². The van der Waals surface area contributed by atoms with Crippen molar-refractivity contribution in [2.24, 2.45) is 0 Å². The zero-order valence-corrected chi connectivity index (χ0v) is 10.4. The fourth-order valence-electron chi connectivity index (χ4n) is 1.23. The predicted molar refractivity (Wildman–Crippen MR) is 62.0 cm³/mol. The van der Waals surface area contributed by atoms with Crippen molar-refractivity contribution < 1.29 is 14.5 Å². The number of nitrogens with zero attached hydrogens (tertiary/aromatic N) is 1. The first-order valence-corrected chi connectivity index (χ1v) is 5.38. The Kier molecular flexibility index (Phi) is 4.00. The third-order valence-corrected chi connectivity index (χ3v) is 2.56. The first-order valence-electron chi connectivity index (χ1n) is 4.59. The van der Waals surface area contributed by atoms with Crippen LogP contribution in [-0.4, -0.2) is 17.3 Å². The summed E-state index contributed by atoms with van der Waals surface area (Å²) in [6.45, 7) is 3.51. The molecular weight excluding hydrogens is 278 g/mol. The second kappa shape index (κ2) is 5.07. The second-order valence-electron chi connectivity index (χ2n) is 3.05. The van der Waals surface area contributed by atoms with Crippen molar-refractivity contribution >= 4 is 27.4 Å². The number of Topliss-reactive ketones (excluding diaryl/α,β-unsaturated/α-hetero) is 1. The number of carbonyl (C=O) groups excluding carboxylic acids is 1. The van der Waals surface area contributed by atoms with Crippen molar-refractivity contribution in [3.05, 3.63) is 32.3 Å². The average molecular weight is 288 g/mol. The summed E-state index contributed by atoms with van der Waals surface area (Å²) in [7, 11) is 0. The molecule has 0 unspecified atom stereocenters. The highest BCUT2D eigenvalue weighted by Crippen LogP contribution is 2.32. The predicted octanol–water partition coefficient (Wildman–Crippen LogP) is 2.96. The number of benzene rings is 1. The van der Waals surface area contributed by atoms with Crippen LogP contribution in [0.1, 0.15) is 24.2 Å². The maximum Gasteiger partial charge on any atom is 0.284 e. The molecular formula is C10H10BrNO4. The van der Waals surface area contributed by atoms with Crippen LogP contribution in [0.4, 0.5) is 5.69 Å². The molecule has 0 fully saturated rings. The highest BCUT2D eigenvalue weighted by atomic mass is 79.9. The number of hydrogen-bond acceptors (Lipinski definition) is 4. The van der Waals surface area contributed by atoms with E-state index in [1.165, 1.54) is 19.1 Å². The summed E-state index contributed by atoms with van der Waals surface area (Å²) < 4.78 is 5.54. The van der Waals surface area contributed by atoms with E-state index in [9.17, 15) is 14.9 Å². The monoisotopic (exact) mass is 287 g/mol. The smallest absolute Gasteiger partial charge is 0.284 e. The second-order valence-corrected chi connectivity index (χ2v) is 3.90. The van der Waals surface area contributed by atoms with Crippen molar-refractivity contribution in [2.45, 2.75) is 13.8 Å². The average Bonchev–Trinajstić information content (AvgIpc) is 2.17. The van der Waals surface area contributed by atoms with Crippen LogP contribution >= 0.6 is 15.9 Å². The first-order chi connectivity index (χ1) is 7.47. The van der Waals surface area contributed by atoms with Crippen LogP contribution in [0.5, 0.6) is 5.75 Å². The van der Waals surface area contributed by atoms with Crippen molar-refractivity contribution in [3.63, 3.8) is 0 Å². The summed E-state index contributed by atoms with van der Waals surface area (Å²) in [6, 6.07) is 2.66. The van der Waals surface area contributed by atoms with Crippen LogP contribution in [0.3, 0.4) is 0 Å². The number of nitro groups is 1. The van der Waals surface area contributed by atoms with Gasteiger partial charge >= 0.3 is 0 Å². The third-order valence-electron chi connectivity index (χ3n) is 1.92. The highest BCUT2D eigenvalue weighted by molar-refractivity contribution is 9.10. The number of carbonyl (C=O) groups is 1. The van der Waals surface area contributed by atoms with Crippen molar-refractivity contribution in [1.82, 2.24) is 0 Å². The van der Waals surface area contributed by atoms with Crippen LogP contribution in [0.2, 0.25) is 0 Å². The van der Waals surface area contributed by atoms with Crippen LogP contribution in [-0.2, 0) is 0 Å². The van der Waals surface area contributed by atoms with E-state index in [0.717, 1.165) is 0 Å². The zero-order chi connectivity index (χ0) is 12.3. The zero-order valence-electron chi connectivity index (χ0n) is 8.82. The largest absolute Gasteiger partial charge is 0.493 e. The molecule has 16 heavy (non-hydrogen) atoms. The van der Waals surface area contributed by atoms with Gasteiger partial charge in [-0.1, -0.05) is 0 Å². The van der Waals surface area contributed by atoms with Gasteiger partial charge in [-0.25, -0.2) is 0 Å². The molecule has 0 saturated heterocycles. The fourth-order valence-corrected chi connectivity index (χ4v) is 1.70. The highest BCUT2D eigenvalue weighted by Gasteiger charge is 2.19. The summed E-state index contributed by atoms with van der Waals surface area (Å²) >= 11 is 3.07. The lowest BCUT2D eigenvalue weighted by atomic mass is 10.1. The Hall–Kier alpha value is -1.43. The molecule has 86 valence electrons. The van der Waals surface area contributed by atoms with Gasteiger partial charge in [-0.2, -0.15) is 0 Å². The van der Waals surface area contributed by atoms with Gasteiger partial charge in [0.05, 0.1) is 21.6 Å². The summed E-state index contributed by atoms with van der Waals surface area (Å²) in [5, 5.41) is 10.7. The first kappa shape index (κ1) is 12.6. The van der Waals surface area contributed by atoms with E-state index in [1.54, 1.807) is 6.92 Å². The van der Waals surface area contributed by atoms with Crippen molar-refractivity contribution in [3.8, 4) is 5.75 Å². The van der Waals surface area contributed by atoms with E-state index in [0.29, 0.717) is 16.8 Å². The maximum atomic E-state index is 11.3. The summed E-state index contributed by atoms with van der Waals surface area (Å²) in [5.74, 6) is 0.0894. The Bertz CT molecular complexity index is 445. The minimum absolute atomic E-state index is 0.145. The lowest BCUT2D eigenvalue weighted by Gasteiger charge is -2.08. The molecule has 0 spiro atoms. The molecule has 0 aromatic heterocycles. The molecule has 0 atom stereocenters. The minimum atomic E-state index is -0.549. The van der Waals surface area contributed by atoms with E-state index >= 15 is 0 Å². The Morgan fingerprint density at radius 2 is 2.19 bits per heavy atom. The molecule has 0 bridgehead atoms. The SMILES string of the molecule is CCOc1cc(Br)c([N+](=O)[O-])cc1C(C)=O. The topological polar surface area (TPSA) is 69.4 Å². The normalized spacial score (nSPS) is 9.94. The minimum Gasteiger partial charge on any atom is -0.493 e. The number of ether oxygens (including phenoxy) is 1. The van der Waals surface area contributed by atoms with Gasteiger partial charge < -0.3 is 4.74 Å². The Balaban J connectivity index is 3.36. The molecule has 0 heterocycles. The summed E-state index contributed by atoms with van der Waals surface area (Å²) in [6.07, 6.45) is 0. The van der Waals surface area contributed by atoms with Gasteiger partial charge in [0.2, 0.25) is 0 Å². The van der Waals surface area contributed by atoms with E-state index in [-0.39, 0.29) is 17.0 Å². The van der Waals surface area contributed by atoms with Gasteiger partial charge in [0.15, 0.2) is 5.78 Å². The number of hydrogen-bond donors (Lipinski definition) is 0. The Morgan fingerprint density at radius 1 is 1.56 bits per heavy atom. The van der Waals surface area contributed by atoms with E-state index < -0.39 is 4.92 Å². The molecule has 6 heteroatoms. The quantitative estimate of drug-likeness (QED) is 0.485. The molecule has 1 aromatic rings. The molecule has 0 aliphatic rings. The van der Waals surface area contributed by atoms with Crippen molar-refractivity contribution in [2.75, 3.05) is 6.61 Å². The van der Waals surface area contributed by atoms with Crippen LogP contribution in [0.15, 0.2) is 16.6 Å². The van der Waals surface area contributed by atoms with E-state index in [1.807, 2.05) is 0 Å². The molecule has 0 saturated carbocycles. The van der Waals surface area contributed by atoms with E-state index in [2.05, 4.69) is 15.9 Å². The number of nitro benzene ring substituents is 1. The molecule has 5 nitrogen and oxygen atoms in total. The van der Waals surface area contributed by atoms with Crippen LogP contribution < -0.4 is 4.74 Å². The molecule has 0 amide bonds. The molecule has 1 rings (SSSR count). The fraction of sp³-hybridized carbons (Fsp3) is 0.300. The van der Waals surface area contributed by atoms with Crippen LogP contribution in [0.25, 0.3) is 0 Å². The molecule has 0 radical (unpaired) electrons. The van der Waals surface area contributed by atoms with E-state index in [4.69, 9.17) is 4.74 Å². The number of rotatable bonds is 4. The standard InChI is InChI=1S/C10H10BrNO4/c1-3-16-10-5-8(11)9(12(14)15)4-7(10)6(2)13/h4-5H,3H2,1-2H3. The summed E-state index contributed by atoms with van der Waals surface area (Å²) in [5.41, 5.74) is 0.0744. The van der Waals surface area contributed by atoms with Crippen LogP contribution in [0, 0.1) is 10.1 Å². The number of halogens is 1. The Morgan fingerprint density at radius 3 is 2.62 bits per heavy atom. The number of ketones is 1. The summed E-state index contributed by atoms with van der Waals surface area (Å²) in [4.78, 5) is 21.4. The molecule has 0 aliphatic heterocycles. The Labute approximate surface area is 101 Å². The van der Waals surface area contributed by atoms with Gasteiger partial charge in [-0.15, -0.1) is 0 Å². The van der Waals surface area contributed by atoms with Gasteiger partial charge in [0.1, 0.15) is 5.75 Å². The van der Waals surface area contributed by atoms with Gasteiger partial charge in [0.25, 0.3) is 5.69 Å². The lowest BCUT2D eigenvalue weighted by Crippen LogP contribution is -2.02. The lowest BCUT2D eigenvalue weighted by molar-refractivity contribution is -0.385. The van der Waals surface area contributed by atoms with Gasteiger partial charge in [0, 0.05) is 12.1 Å². The maximum absolute atomic E-state index is 11.3.